The molecule has 2 N–H and O–H groups in total. The van der Waals surface area contributed by atoms with Gasteiger partial charge in [-0.15, -0.1) is 0 Å². The Labute approximate surface area is 184 Å². The van der Waals surface area contributed by atoms with Crippen molar-refractivity contribution >= 4 is 17.7 Å². The van der Waals surface area contributed by atoms with E-state index in [4.69, 9.17) is 0 Å². The molecule has 7 heteroatoms. The summed E-state index contributed by atoms with van der Waals surface area (Å²) in [5.41, 5.74) is 0.762. The van der Waals surface area contributed by atoms with Gasteiger partial charge in [0, 0.05) is 50.2 Å². The Morgan fingerprint density at radius 3 is 2.48 bits per heavy atom. The number of nitrogens with zero attached hydrogens (tertiary/aromatic N) is 2. The highest BCUT2D eigenvalue weighted by atomic mass is 16.2. The van der Waals surface area contributed by atoms with Crippen LogP contribution in [0, 0.1) is 5.92 Å². The Hall–Kier alpha value is -2.41. The van der Waals surface area contributed by atoms with Crippen LogP contribution in [0.3, 0.4) is 0 Å². The second-order valence-corrected chi connectivity index (χ2v) is 10.4. The van der Waals surface area contributed by atoms with Crippen molar-refractivity contribution in [3.63, 3.8) is 0 Å². The van der Waals surface area contributed by atoms with E-state index in [0.717, 1.165) is 31.5 Å². The number of carbonyl (C=O) groups excluding carboxylic acids is 3. The zero-order valence-electron chi connectivity index (χ0n) is 19.0. The lowest BCUT2D eigenvalue weighted by molar-refractivity contribution is -0.130. The molecule has 2 saturated heterocycles. The average molecular weight is 427 g/mol. The van der Waals surface area contributed by atoms with Crippen molar-refractivity contribution in [3.8, 4) is 0 Å². The predicted molar refractivity (Wildman–Crippen MR) is 119 cm³/mol. The fraction of sp³-hybridized carbons (Fsp3) is 0.625. The Bertz CT molecular complexity index is 885. The van der Waals surface area contributed by atoms with Crippen molar-refractivity contribution in [2.24, 2.45) is 5.92 Å². The molecule has 31 heavy (non-hydrogen) atoms. The van der Waals surface area contributed by atoms with Gasteiger partial charge in [-0.25, -0.2) is 0 Å². The van der Waals surface area contributed by atoms with Crippen molar-refractivity contribution in [3.05, 3.63) is 35.4 Å². The lowest BCUT2D eigenvalue weighted by atomic mass is 9.76. The molecule has 0 unspecified atom stereocenters. The fourth-order valence-electron chi connectivity index (χ4n) is 5.44. The molecular weight excluding hydrogens is 392 g/mol. The molecule has 3 aliphatic heterocycles. The number of likely N-dealkylation sites (tertiary alicyclic amines) is 2. The fourth-order valence-corrected chi connectivity index (χ4v) is 5.44. The number of fused-ring (bicyclic) bond motifs is 1. The number of piperidine rings is 1. The van der Waals surface area contributed by atoms with Crippen molar-refractivity contribution in [2.75, 3.05) is 26.2 Å². The summed E-state index contributed by atoms with van der Waals surface area (Å²) < 4.78 is 0. The van der Waals surface area contributed by atoms with E-state index in [1.165, 1.54) is 0 Å². The number of rotatable bonds is 2. The maximum Gasteiger partial charge on any atom is 0.252 e. The normalized spacial score (nSPS) is 27.2. The number of amides is 3. The zero-order chi connectivity index (χ0) is 22.4. The maximum absolute atomic E-state index is 13.4. The number of carbonyl (C=O) groups is 3. The molecule has 3 heterocycles. The first kappa shape index (κ1) is 21.8. The molecule has 4 rings (SSSR count). The molecule has 0 radical (unpaired) electrons. The van der Waals surface area contributed by atoms with E-state index in [2.05, 4.69) is 15.5 Å². The van der Waals surface area contributed by atoms with Gasteiger partial charge in [0.25, 0.3) is 5.91 Å². The minimum absolute atomic E-state index is 0.00384. The number of hydrogen-bond donors (Lipinski definition) is 2. The molecule has 1 aromatic rings. The van der Waals surface area contributed by atoms with Crippen LogP contribution in [0.4, 0.5) is 0 Å². The van der Waals surface area contributed by atoms with Crippen LogP contribution in [-0.4, -0.2) is 70.8 Å². The number of nitrogens with one attached hydrogen (secondary N) is 2. The van der Waals surface area contributed by atoms with Gasteiger partial charge in [0.2, 0.25) is 11.8 Å². The Kier molecular flexibility index (Phi) is 5.58. The van der Waals surface area contributed by atoms with Gasteiger partial charge < -0.3 is 15.5 Å². The minimum Gasteiger partial charge on any atom is -0.351 e. The van der Waals surface area contributed by atoms with E-state index in [1.807, 2.05) is 49.9 Å². The lowest BCUT2D eigenvalue weighted by Crippen LogP contribution is -2.62. The van der Waals surface area contributed by atoms with Gasteiger partial charge in [-0.2, -0.15) is 0 Å². The highest BCUT2D eigenvalue weighted by Crippen LogP contribution is 2.38. The van der Waals surface area contributed by atoms with Gasteiger partial charge in [-0.05, 0) is 51.7 Å². The Balaban J connectivity index is 1.60. The molecule has 1 spiro atoms. The summed E-state index contributed by atoms with van der Waals surface area (Å²) in [6.07, 6.45) is 2.45. The first-order valence-electron chi connectivity index (χ1n) is 11.3. The van der Waals surface area contributed by atoms with E-state index in [-0.39, 0.29) is 29.2 Å². The van der Waals surface area contributed by atoms with Gasteiger partial charge in [-0.1, -0.05) is 18.2 Å². The molecule has 0 bridgehead atoms. The van der Waals surface area contributed by atoms with Crippen LogP contribution >= 0.6 is 0 Å². The molecule has 7 nitrogen and oxygen atoms in total. The Morgan fingerprint density at radius 1 is 1.16 bits per heavy atom. The van der Waals surface area contributed by atoms with E-state index < -0.39 is 5.54 Å². The van der Waals surface area contributed by atoms with Crippen LogP contribution in [-0.2, 0) is 16.0 Å². The zero-order valence-corrected chi connectivity index (χ0v) is 19.0. The summed E-state index contributed by atoms with van der Waals surface area (Å²) in [4.78, 5) is 42.4. The molecule has 0 saturated carbocycles. The molecule has 0 aromatic heterocycles. The highest BCUT2D eigenvalue weighted by molar-refractivity contribution is 5.98. The van der Waals surface area contributed by atoms with Crippen molar-refractivity contribution in [1.82, 2.24) is 20.4 Å². The summed E-state index contributed by atoms with van der Waals surface area (Å²) in [6, 6.07) is 8.01. The SMILES string of the molecule is CC(=O)N1CCC(N2C[C@@H](C(=O)NC(C)(C)C)[C@@]3(Cc4ccccc4C(=O)N3)C2)CC1. The standard InChI is InChI=1S/C24H34N4O3/c1-16(29)27-11-9-18(10-12-27)28-14-20(22(31)25-23(2,3)4)24(15-28)13-17-7-5-6-8-19(17)21(30)26-24/h5-8,18,20H,9-15H2,1-4H3,(H,25,31)(H,26,30)/t20-,24+/m0/s1. The third-order valence-electron chi connectivity index (χ3n) is 6.94. The molecule has 1 aromatic carbocycles. The van der Waals surface area contributed by atoms with Crippen molar-refractivity contribution in [2.45, 2.75) is 64.1 Å². The third-order valence-corrected chi connectivity index (χ3v) is 6.94. The minimum atomic E-state index is -0.613. The summed E-state index contributed by atoms with van der Waals surface area (Å²) >= 11 is 0. The van der Waals surface area contributed by atoms with Gasteiger partial charge in [-0.3, -0.25) is 19.3 Å². The van der Waals surface area contributed by atoms with Gasteiger partial charge in [0.15, 0.2) is 0 Å². The van der Waals surface area contributed by atoms with Crippen LogP contribution < -0.4 is 10.6 Å². The maximum atomic E-state index is 13.4. The van der Waals surface area contributed by atoms with E-state index in [9.17, 15) is 14.4 Å². The van der Waals surface area contributed by atoms with Gasteiger partial charge in [0.05, 0.1) is 11.5 Å². The van der Waals surface area contributed by atoms with Gasteiger partial charge in [0.1, 0.15) is 0 Å². The number of hydrogen-bond acceptors (Lipinski definition) is 4. The molecule has 0 aliphatic carbocycles. The molecular formula is C24H34N4O3. The summed E-state index contributed by atoms with van der Waals surface area (Å²) in [5, 5.41) is 6.40. The third kappa shape index (κ3) is 4.33. The van der Waals surface area contributed by atoms with E-state index >= 15 is 0 Å². The first-order valence-corrected chi connectivity index (χ1v) is 11.3. The van der Waals surface area contributed by atoms with E-state index in [0.29, 0.717) is 31.1 Å². The smallest absolute Gasteiger partial charge is 0.252 e. The summed E-state index contributed by atoms with van der Waals surface area (Å²) in [5.74, 6) is -0.302. The molecule has 2 atom stereocenters. The van der Waals surface area contributed by atoms with Crippen LogP contribution in [0.5, 0.6) is 0 Å². The second-order valence-electron chi connectivity index (χ2n) is 10.4. The van der Waals surface area contributed by atoms with E-state index in [1.54, 1.807) is 6.92 Å². The average Bonchev–Trinajstić information content (AvgIpc) is 3.05. The topological polar surface area (TPSA) is 81.8 Å². The van der Waals surface area contributed by atoms with Crippen LogP contribution in [0.2, 0.25) is 0 Å². The molecule has 3 amide bonds. The highest BCUT2D eigenvalue weighted by Gasteiger charge is 2.54. The summed E-state index contributed by atoms with van der Waals surface area (Å²) in [6.45, 7) is 10.3. The Morgan fingerprint density at radius 2 is 1.84 bits per heavy atom. The predicted octanol–water partition coefficient (Wildman–Crippen LogP) is 1.57. The van der Waals surface area contributed by atoms with Crippen LogP contribution in [0.15, 0.2) is 24.3 Å². The second kappa shape index (κ2) is 7.93. The quantitative estimate of drug-likeness (QED) is 0.752. The largest absolute Gasteiger partial charge is 0.351 e. The van der Waals surface area contributed by atoms with Crippen molar-refractivity contribution in [1.29, 1.82) is 0 Å². The van der Waals surface area contributed by atoms with Crippen molar-refractivity contribution < 1.29 is 14.4 Å². The number of benzene rings is 1. The molecule has 3 aliphatic rings. The first-order chi connectivity index (χ1) is 14.6. The monoisotopic (exact) mass is 426 g/mol. The lowest BCUT2D eigenvalue weighted by Gasteiger charge is -2.41. The summed E-state index contributed by atoms with van der Waals surface area (Å²) in [7, 11) is 0. The van der Waals surface area contributed by atoms with Crippen LogP contribution in [0.1, 0.15) is 56.5 Å². The molecule has 168 valence electrons. The molecule has 2 fully saturated rings. The van der Waals surface area contributed by atoms with Crippen LogP contribution in [0.25, 0.3) is 0 Å². The van der Waals surface area contributed by atoms with Gasteiger partial charge >= 0.3 is 0 Å².